The highest BCUT2D eigenvalue weighted by Crippen LogP contribution is 2.20. The van der Waals surface area contributed by atoms with E-state index in [1.54, 1.807) is 0 Å². The highest BCUT2D eigenvalue weighted by atomic mass is 127. The fourth-order valence-corrected chi connectivity index (χ4v) is 2.66. The topological polar surface area (TPSA) is 74.8 Å². The van der Waals surface area contributed by atoms with Gasteiger partial charge in [-0.3, -0.25) is 4.99 Å². The van der Waals surface area contributed by atoms with Crippen LogP contribution in [0.2, 0.25) is 0 Å². The summed E-state index contributed by atoms with van der Waals surface area (Å²) in [5, 5.41) is 9.02. The van der Waals surface area contributed by atoms with Crippen LogP contribution in [0.5, 0.6) is 0 Å². The Bertz CT molecular complexity index is 474. The molecule has 1 rings (SSSR count). The van der Waals surface area contributed by atoms with Crippen LogP contribution >= 0.6 is 24.0 Å². The van der Waals surface area contributed by atoms with Crippen molar-refractivity contribution in [2.75, 3.05) is 13.1 Å². The summed E-state index contributed by atoms with van der Waals surface area (Å²) in [6.45, 7) is 7.58. The molecule has 10 heteroatoms. The molecule has 0 aliphatic heterocycles. The van der Waals surface area contributed by atoms with Crippen LogP contribution in [-0.4, -0.2) is 49.0 Å². The number of hydrogen-bond donors (Lipinski definition) is 3. The summed E-state index contributed by atoms with van der Waals surface area (Å²) in [6.07, 6.45) is -2.41. The second-order valence-electron chi connectivity index (χ2n) is 7.46. The Kier molecular flexibility index (Phi) is 11.4. The van der Waals surface area contributed by atoms with E-state index in [1.165, 1.54) is 0 Å². The zero-order valence-electron chi connectivity index (χ0n) is 16.4. The van der Waals surface area contributed by atoms with Crippen molar-refractivity contribution < 1.29 is 22.7 Å². The fourth-order valence-electron chi connectivity index (χ4n) is 2.66. The first-order chi connectivity index (χ1) is 12.0. The van der Waals surface area contributed by atoms with Gasteiger partial charge >= 0.3 is 12.3 Å². The first-order valence-corrected chi connectivity index (χ1v) is 9.09. The number of alkyl halides is 3. The SMILES string of the molecule is CCNC(=NCCC(F)(F)F)NC1CCC(NC(=O)OC(C)(C)C)CC1.I. The third-order valence-electron chi connectivity index (χ3n) is 3.80. The maximum atomic E-state index is 12.2. The molecular formula is C17H32F3IN4O2. The number of guanidine groups is 1. The van der Waals surface area contributed by atoms with Crippen LogP contribution in [0.3, 0.4) is 0 Å². The molecule has 0 bridgehead atoms. The molecule has 160 valence electrons. The van der Waals surface area contributed by atoms with E-state index in [0.717, 1.165) is 25.7 Å². The lowest BCUT2D eigenvalue weighted by Gasteiger charge is -2.31. The van der Waals surface area contributed by atoms with Crippen LogP contribution in [0, 0.1) is 0 Å². The number of ether oxygens (including phenoxy) is 1. The Morgan fingerprint density at radius 1 is 1.07 bits per heavy atom. The molecule has 1 aliphatic carbocycles. The minimum atomic E-state index is -4.20. The summed E-state index contributed by atoms with van der Waals surface area (Å²) in [5.41, 5.74) is -0.531. The van der Waals surface area contributed by atoms with Crippen molar-refractivity contribution >= 4 is 36.0 Å². The molecule has 6 nitrogen and oxygen atoms in total. The molecule has 0 heterocycles. The Hall–Kier alpha value is -0.940. The average molecular weight is 508 g/mol. The van der Waals surface area contributed by atoms with Gasteiger partial charge in [0, 0.05) is 18.6 Å². The van der Waals surface area contributed by atoms with E-state index in [2.05, 4.69) is 20.9 Å². The molecule has 0 spiro atoms. The number of amides is 1. The van der Waals surface area contributed by atoms with Crippen molar-refractivity contribution in [1.29, 1.82) is 0 Å². The van der Waals surface area contributed by atoms with E-state index in [4.69, 9.17) is 4.74 Å². The quantitative estimate of drug-likeness (QED) is 0.299. The Labute approximate surface area is 176 Å². The summed E-state index contributed by atoms with van der Waals surface area (Å²) in [4.78, 5) is 15.8. The number of nitrogens with zero attached hydrogens (tertiary/aromatic N) is 1. The number of carbonyl (C=O) groups excluding carboxylic acids is 1. The van der Waals surface area contributed by atoms with E-state index >= 15 is 0 Å². The average Bonchev–Trinajstić information content (AvgIpc) is 2.46. The van der Waals surface area contributed by atoms with Crippen LogP contribution in [0.25, 0.3) is 0 Å². The fraction of sp³-hybridized carbons (Fsp3) is 0.882. The number of aliphatic imine (C=N–C) groups is 1. The third kappa shape index (κ3) is 13.0. The van der Waals surface area contributed by atoms with Gasteiger partial charge < -0.3 is 20.7 Å². The number of hydrogen-bond acceptors (Lipinski definition) is 3. The maximum Gasteiger partial charge on any atom is 0.407 e. The summed E-state index contributed by atoms with van der Waals surface area (Å²) in [7, 11) is 0. The van der Waals surface area contributed by atoms with Crippen LogP contribution in [0.1, 0.15) is 59.8 Å². The van der Waals surface area contributed by atoms with Gasteiger partial charge in [-0.25, -0.2) is 4.79 Å². The van der Waals surface area contributed by atoms with Crippen LogP contribution in [0.15, 0.2) is 4.99 Å². The number of nitrogens with one attached hydrogen (secondary N) is 3. The highest BCUT2D eigenvalue weighted by Gasteiger charge is 2.27. The molecule has 0 aromatic heterocycles. The summed E-state index contributed by atoms with van der Waals surface area (Å²) in [6, 6.07) is 0.169. The normalized spacial score (nSPS) is 21.1. The van der Waals surface area contributed by atoms with Gasteiger partial charge in [-0.05, 0) is 53.4 Å². The molecule has 1 saturated carbocycles. The highest BCUT2D eigenvalue weighted by molar-refractivity contribution is 14.0. The first-order valence-electron chi connectivity index (χ1n) is 9.09. The minimum Gasteiger partial charge on any atom is -0.444 e. The second kappa shape index (κ2) is 11.8. The van der Waals surface area contributed by atoms with E-state index in [9.17, 15) is 18.0 Å². The lowest BCUT2D eigenvalue weighted by Crippen LogP contribution is -2.48. The van der Waals surface area contributed by atoms with E-state index in [1.807, 2.05) is 27.7 Å². The Morgan fingerprint density at radius 3 is 2.04 bits per heavy atom. The maximum absolute atomic E-state index is 12.2. The Morgan fingerprint density at radius 2 is 1.59 bits per heavy atom. The number of halogens is 4. The molecule has 0 aromatic rings. The van der Waals surface area contributed by atoms with E-state index in [0.29, 0.717) is 12.5 Å². The van der Waals surface area contributed by atoms with Crippen LogP contribution in [-0.2, 0) is 4.74 Å². The standard InChI is InChI=1S/C17H31F3N4O2.HI/c1-5-21-14(22-11-10-17(18,19)20)23-12-6-8-13(9-7-12)24-15(25)26-16(2,3)4;/h12-13H,5-11H2,1-4H3,(H,24,25)(H2,21,22,23);1H. The molecule has 0 atom stereocenters. The zero-order chi connectivity index (χ0) is 19.8. The van der Waals surface area contributed by atoms with Gasteiger partial charge in [0.05, 0.1) is 13.0 Å². The number of rotatable bonds is 5. The van der Waals surface area contributed by atoms with E-state index in [-0.39, 0.29) is 42.6 Å². The van der Waals surface area contributed by atoms with Gasteiger partial charge in [0.2, 0.25) is 0 Å². The second-order valence-corrected chi connectivity index (χ2v) is 7.46. The summed E-state index contributed by atoms with van der Waals surface area (Å²) in [5.74, 6) is 0.403. The molecule has 0 unspecified atom stereocenters. The van der Waals surface area contributed by atoms with Gasteiger partial charge in [-0.2, -0.15) is 13.2 Å². The molecular weight excluding hydrogens is 476 g/mol. The van der Waals surface area contributed by atoms with Crippen molar-refractivity contribution in [3.05, 3.63) is 0 Å². The first kappa shape index (κ1) is 26.1. The van der Waals surface area contributed by atoms with Crippen LogP contribution in [0.4, 0.5) is 18.0 Å². The molecule has 0 saturated heterocycles. The molecule has 0 radical (unpaired) electrons. The Balaban J connectivity index is 0.00000676. The van der Waals surface area contributed by atoms with Crippen molar-refractivity contribution in [2.45, 2.75) is 83.7 Å². The smallest absolute Gasteiger partial charge is 0.407 e. The van der Waals surface area contributed by atoms with Crippen LogP contribution < -0.4 is 16.0 Å². The van der Waals surface area contributed by atoms with Gasteiger partial charge in [0.25, 0.3) is 0 Å². The monoisotopic (exact) mass is 508 g/mol. The number of alkyl carbamates (subject to hydrolysis) is 1. The van der Waals surface area contributed by atoms with Crippen molar-refractivity contribution in [3.8, 4) is 0 Å². The van der Waals surface area contributed by atoms with Gasteiger partial charge in [-0.15, -0.1) is 24.0 Å². The molecule has 27 heavy (non-hydrogen) atoms. The molecule has 1 amide bonds. The van der Waals surface area contributed by atoms with E-state index < -0.39 is 24.3 Å². The lowest BCUT2D eigenvalue weighted by molar-refractivity contribution is -0.132. The lowest BCUT2D eigenvalue weighted by atomic mass is 9.91. The van der Waals surface area contributed by atoms with Crippen molar-refractivity contribution in [1.82, 2.24) is 16.0 Å². The predicted octanol–water partition coefficient (Wildman–Crippen LogP) is 3.95. The zero-order valence-corrected chi connectivity index (χ0v) is 18.7. The summed E-state index contributed by atoms with van der Waals surface area (Å²) < 4.78 is 42.0. The van der Waals surface area contributed by atoms with Gasteiger partial charge in [-0.1, -0.05) is 0 Å². The molecule has 3 N–H and O–H groups in total. The summed E-state index contributed by atoms with van der Waals surface area (Å²) >= 11 is 0. The minimum absolute atomic E-state index is 0. The van der Waals surface area contributed by atoms with Crippen molar-refractivity contribution in [2.24, 2.45) is 4.99 Å². The van der Waals surface area contributed by atoms with Crippen molar-refractivity contribution in [3.63, 3.8) is 0 Å². The molecule has 0 aromatic carbocycles. The molecule has 1 fully saturated rings. The van der Waals surface area contributed by atoms with Gasteiger partial charge in [0.1, 0.15) is 5.60 Å². The molecule has 1 aliphatic rings. The number of carbonyl (C=O) groups is 1. The third-order valence-corrected chi connectivity index (χ3v) is 3.80. The predicted molar refractivity (Wildman–Crippen MR) is 111 cm³/mol. The largest absolute Gasteiger partial charge is 0.444 e. The van der Waals surface area contributed by atoms with Gasteiger partial charge in [0.15, 0.2) is 5.96 Å².